The average molecular weight is 332 g/mol. The van der Waals surface area contributed by atoms with E-state index >= 15 is 0 Å². The molecule has 2 aromatic rings. The van der Waals surface area contributed by atoms with Crippen LogP contribution in [0.2, 0.25) is 0 Å². The van der Waals surface area contributed by atoms with E-state index in [0.29, 0.717) is 11.1 Å². The van der Waals surface area contributed by atoms with Crippen molar-refractivity contribution in [2.75, 3.05) is 25.3 Å². The average Bonchev–Trinajstić information content (AvgIpc) is 2.53. The minimum Gasteiger partial charge on any atom is -0.502 e. The van der Waals surface area contributed by atoms with E-state index in [9.17, 15) is 14.7 Å². The summed E-state index contributed by atoms with van der Waals surface area (Å²) >= 11 is 0. The van der Waals surface area contributed by atoms with Gasteiger partial charge in [-0.1, -0.05) is 0 Å². The van der Waals surface area contributed by atoms with Crippen molar-refractivity contribution >= 4 is 17.7 Å². The van der Waals surface area contributed by atoms with E-state index in [-0.39, 0.29) is 41.3 Å². The van der Waals surface area contributed by atoms with E-state index in [1.54, 1.807) is 12.1 Å². The quantitative estimate of drug-likeness (QED) is 0.643. The van der Waals surface area contributed by atoms with Gasteiger partial charge >= 0.3 is 0 Å². The fourth-order valence-corrected chi connectivity index (χ4v) is 2.79. The number of ether oxygens (including phenoxy) is 2. The second-order valence-corrected chi connectivity index (χ2v) is 5.29. The van der Waals surface area contributed by atoms with Crippen molar-refractivity contribution in [3.8, 4) is 17.2 Å². The van der Waals surface area contributed by atoms with Crippen LogP contribution in [0.4, 0.5) is 11.8 Å². The Hall–Kier alpha value is -3.23. The van der Waals surface area contributed by atoms with Gasteiger partial charge in [0.15, 0.2) is 11.5 Å². The number of carbonyl (C=O) groups excluding carboxylic acids is 1. The van der Waals surface area contributed by atoms with E-state index in [2.05, 4.69) is 15.3 Å². The van der Waals surface area contributed by atoms with Gasteiger partial charge in [-0.25, -0.2) is 0 Å². The molecule has 1 aromatic heterocycles. The number of nitrogens with one attached hydrogen (secondary N) is 2. The smallest absolute Gasteiger partial charge is 0.258 e. The Kier molecular flexibility index (Phi) is 3.76. The van der Waals surface area contributed by atoms with Crippen LogP contribution in [0.5, 0.6) is 17.2 Å². The molecule has 5 N–H and O–H groups in total. The topological polar surface area (TPSA) is 140 Å². The summed E-state index contributed by atoms with van der Waals surface area (Å²) in [4.78, 5) is 30.7. The molecular weight excluding hydrogens is 316 g/mol. The van der Waals surface area contributed by atoms with Crippen molar-refractivity contribution in [3.05, 3.63) is 33.6 Å². The highest BCUT2D eigenvalue weighted by Gasteiger charge is 2.32. The number of nitrogens with two attached hydrogens (primary N) is 1. The number of hydrogen-bond donors (Lipinski definition) is 4. The first-order valence-electron chi connectivity index (χ1n) is 7.09. The Morgan fingerprint density at radius 2 is 1.88 bits per heavy atom. The number of phenols is 1. The van der Waals surface area contributed by atoms with E-state index in [0.717, 1.165) is 0 Å². The molecule has 9 heteroatoms. The number of amides is 1. The Morgan fingerprint density at radius 3 is 2.46 bits per heavy atom. The molecule has 0 unspecified atom stereocenters. The zero-order chi connectivity index (χ0) is 17.4. The maximum absolute atomic E-state index is 12.3. The van der Waals surface area contributed by atoms with Gasteiger partial charge in [0.2, 0.25) is 17.6 Å². The molecule has 1 amide bonds. The molecule has 24 heavy (non-hydrogen) atoms. The van der Waals surface area contributed by atoms with Gasteiger partial charge in [0.25, 0.3) is 5.56 Å². The summed E-state index contributed by atoms with van der Waals surface area (Å²) in [6, 6.07) is 3.11. The molecule has 1 aliphatic rings. The number of nitrogens with zero attached hydrogens (tertiary/aromatic N) is 1. The van der Waals surface area contributed by atoms with Gasteiger partial charge in [-0.05, 0) is 17.7 Å². The molecule has 126 valence electrons. The summed E-state index contributed by atoms with van der Waals surface area (Å²) in [5.41, 5.74) is 5.96. The van der Waals surface area contributed by atoms with Crippen LogP contribution in [0.25, 0.3) is 0 Å². The standard InChI is InChI=1S/C15H16N4O5/c1-23-8-3-6(4-9(24-2)12(8)21)7-5-10(20)17-13-11(7)14(22)19-15(16)18-13/h3-4,7,21H,5H2,1-2H3,(H4,16,17,18,19,20,22)/t7-/m1/s1. The lowest BCUT2D eigenvalue weighted by Gasteiger charge is -2.25. The second kappa shape index (κ2) is 5.76. The van der Waals surface area contributed by atoms with Crippen LogP contribution >= 0.6 is 0 Å². The van der Waals surface area contributed by atoms with E-state index in [1.807, 2.05) is 0 Å². The van der Waals surface area contributed by atoms with Gasteiger partial charge < -0.3 is 25.6 Å². The summed E-state index contributed by atoms with van der Waals surface area (Å²) in [5.74, 6) is -0.629. The third kappa shape index (κ3) is 2.49. The minimum absolute atomic E-state index is 0.0404. The molecule has 1 atom stereocenters. The minimum atomic E-state index is -0.575. The maximum Gasteiger partial charge on any atom is 0.258 e. The number of aromatic amines is 1. The summed E-state index contributed by atoms with van der Waals surface area (Å²) in [5, 5.41) is 12.6. The number of carbonyl (C=O) groups is 1. The molecule has 0 radical (unpaired) electrons. The zero-order valence-corrected chi connectivity index (χ0v) is 13.0. The number of fused-ring (bicyclic) bond motifs is 1. The van der Waals surface area contributed by atoms with Gasteiger partial charge in [-0.2, -0.15) is 4.98 Å². The number of nitrogen functional groups attached to an aromatic ring is 1. The van der Waals surface area contributed by atoms with Crippen molar-refractivity contribution in [2.45, 2.75) is 12.3 Å². The molecule has 3 rings (SSSR count). The fourth-order valence-electron chi connectivity index (χ4n) is 2.79. The van der Waals surface area contributed by atoms with Crippen LogP contribution in [0, 0.1) is 0 Å². The summed E-state index contributed by atoms with van der Waals surface area (Å²) in [7, 11) is 2.80. The SMILES string of the molecule is COc1cc([C@H]2CC(=O)Nc3nc(N)[nH]c(=O)c32)cc(OC)c1O. The molecule has 0 saturated carbocycles. The lowest BCUT2D eigenvalue weighted by molar-refractivity contribution is -0.116. The monoisotopic (exact) mass is 332 g/mol. The Balaban J connectivity index is 2.21. The molecular formula is C15H16N4O5. The Morgan fingerprint density at radius 1 is 1.25 bits per heavy atom. The molecule has 0 saturated heterocycles. The number of aromatic hydroxyl groups is 1. The predicted molar refractivity (Wildman–Crippen MR) is 85.6 cm³/mol. The summed E-state index contributed by atoms with van der Waals surface area (Å²) in [6.07, 6.45) is 0.0404. The first-order valence-corrected chi connectivity index (χ1v) is 7.09. The third-order valence-corrected chi connectivity index (χ3v) is 3.87. The third-order valence-electron chi connectivity index (χ3n) is 3.87. The van der Waals surface area contributed by atoms with Crippen molar-refractivity contribution in [1.29, 1.82) is 0 Å². The van der Waals surface area contributed by atoms with Crippen LogP contribution in [0.1, 0.15) is 23.5 Å². The Labute approximate surface area is 136 Å². The van der Waals surface area contributed by atoms with Crippen LogP contribution in [-0.2, 0) is 4.79 Å². The van der Waals surface area contributed by atoms with Gasteiger partial charge in [0.05, 0.1) is 19.8 Å². The first-order chi connectivity index (χ1) is 11.4. The molecule has 1 aliphatic heterocycles. The number of aromatic nitrogens is 2. The van der Waals surface area contributed by atoms with E-state index < -0.39 is 11.5 Å². The highest BCUT2D eigenvalue weighted by molar-refractivity contribution is 5.94. The normalized spacial score (nSPS) is 16.2. The number of hydrogen-bond acceptors (Lipinski definition) is 7. The van der Waals surface area contributed by atoms with Crippen molar-refractivity contribution in [3.63, 3.8) is 0 Å². The van der Waals surface area contributed by atoms with Crippen LogP contribution in [-0.4, -0.2) is 35.2 Å². The fraction of sp³-hybridized carbons (Fsp3) is 0.267. The van der Waals surface area contributed by atoms with Crippen LogP contribution in [0.3, 0.4) is 0 Å². The highest BCUT2D eigenvalue weighted by atomic mass is 16.5. The van der Waals surface area contributed by atoms with Gasteiger partial charge in [0.1, 0.15) is 5.82 Å². The number of methoxy groups -OCH3 is 2. The number of benzene rings is 1. The lowest BCUT2D eigenvalue weighted by atomic mass is 9.86. The first kappa shape index (κ1) is 15.7. The van der Waals surface area contributed by atoms with Crippen LogP contribution < -0.4 is 26.1 Å². The number of anilines is 2. The largest absolute Gasteiger partial charge is 0.502 e. The van der Waals surface area contributed by atoms with Crippen molar-refractivity contribution in [1.82, 2.24) is 9.97 Å². The van der Waals surface area contributed by atoms with Gasteiger partial charge in [-0.15, -0.1) is 0 Å². The number of rotatable bonds is 3. The predicted octanol–water partition coefficient (Wildman–Crippen LogP) is 0.549. The number of phenolic OH excluding ortho intramolecular Hbond substituents is 1. The van der Waals surface area contributed by atoms with Crippen molar-refractivity contribution < 1.29 is 19.4 Å². The van der Waals surface area contributed by atoms with Gasteiger partial charge in [-0.3, -0.25) is 14.6 Å². The molecule has 2 heterocycles. The molecule has 1 aromatic carbocycles. The number of H-pyrrole nitrogens is 1. The molecule has 0 aliphatic carbocycles. The molecule has 0 bridgehead atoms. The second-order valence-electron chi connectivity index (χ2n) is 5.29. The van der Waals surface area contributed by atoms with E-state index in [1.165, 1.54) is 14.2 Å². The summed E-state index contributed by atoms with van der Waals surface area (Å²) in [6.45, 7) is 0. The van der Waals surface area contributed by atoms with E-state index in [4.69, 9.17) is 15.2 Å². The van der Waals surface area contributed by atoms with Crippen LogP contribution in [0.15, 0.2) is 16.9 Å². The van der Waals surface area contributed by atoms with Crippen molar-refractivity contribution in [2.24, 2.45) is 0 Å². The molecule has 9 nitrogen and oxygen atoms in total. The Bertz CT molecular complexity index is 852. The lowest BCUT2D eigenvalue weighted by Crippen LogP contribution is -2.31. The molecule has 0 spiro atoms. The summed E-state index contributed by atoms with van der Waals surface area (Å²) < 4.78 is 10.3. The van der Waals surface area contributed by atoms with Gasteiger partial charge in [0, 0.05) is 12.3 Å². The highest BCUT2D eigenvalue weighted by Crippen LogP contribution is 2.42. The zero-order valence-electron chi connectivity index (χ0n) is 13.0. The molecule has 0 fully saturated rings. The maximum atomic E-state index is 12.3.